The van der Waals surface area contributed by atoms with Gasteiger partial charge in [0.05, 0.1) is 12.2 Å². The van der Waals surface area contributed by atoms with E-state index in [2.05, 4.69) is 69.6 Å². The fraction of sp³-hybridized carbons (Fsp3) is 0.188. The number of rotatable bonds is 5. The third-order valence-electron chi connectivity index (χ3n) is 3.43. The zero-order valence-electron chi connectivity index (χ0n) is 11.5. The molecule has 0 radical (unpaired) electrons. The number of hydrogen-bond donors (Lipinski definition) is 2. The van der Waals surface area contributed by atoms with Crippen LogP contribution in [-0.2, 0) is 13.1 Å². The van der Waals surface area contributed by atoms with Crippen molar-refractivity contribution in [3.05, 3.63) is 60.6 Å². The summed E-state index contributed by atoms with van der Waals surface area (Å²) in [6.07, 6.45) is 3.87. The number of nitrogens with zero attached hydrogens (tertiary/aromatic N) is 2. The molecule has 2 N–H and O–H groups in total. The molecular weight excluding hydrogens is 248 g/mol. The highest BCUT2D eigenvalue weighted by Gasteiger charge is 2.01. The van der Waals surface area contributed by atoms with Crippen molar-refractivity contribution in [2.75, 3.05) is 5.32 Å². The predicted molar refractivity (Wildman–Crippen MR) is 81.5 cm³/mol. The minimum atomic E-state index is 0.838. The third-order valence-corrected chi connectivity index (χ3v) is 3.43. The molecule has 2 heterocycles. The molecule has 20 heavy (non-hydrogen) atoms. The van der Waals surface area contributed by atoms with Gasteiger partial charge in [0.15, 0.2) is 0 Å². The maximum absolute atomic E-state index is 3.97. The Balaban J connectivity index is 1.67. The van der Waals surface area contributed by atoms with Crippen LogP contribution in [0.15, 0.2) is 54.9 Å². The Labute approximate surface area is 118 Å². The molecule has 4 heteroatoms. The highest BCUT2D eigenvalue weighted by molar-refractivity contribution is 5.62. The van der Waals surface area contributed by atoms with E-state index in [4.69, 9.17) is 0 Å². The molecule has 4 nitrogen and oxygen atoms in total. The Bertz CT molecular complexity index is 650. The third kappa shape index (κ3) is 2.59. The van der Waals surface area contributed by atoms with Crippen molar-refractivity contribution < 1.29 is 0 Å². The molecule has 0 aliphatic rings. The lowest BCUT2D eigenvalue weighted by molar-refractivity contribution is 0.724. The van der Waals surface area contributed by atoms with Crippen LogP contribution in [0.5, 0.6) is 0 Å². The van der Waals surface area contributed by atoms with Crippen molar-refractivity contribution in [2.24, 2.45) is 0 Å². The van der Waals surface area contributed by atoms with E-state index in [9.17, 15) is 0 Å². The first-order valence-electron chi connectivity index (χ1n) is 6.84. The lowest BCUT2D eigenvalue weighted by Gasteiger charge is -2.09. The molecule has 0 fully saturated rings. The zero-order valence-corrected chi connectivity index (χ0v) is 11.5. The van der Waals surface area contributed by atoms with Gasteiger partial charge in [-0.25, -0.2) is 0 Å². The summed E-state index contributed by atoms with van der Waals surface area (Å²) in [5, 5.41) is 10.4. The highest BCUT2D eigenvalue weighted by Crippen LogP contribution is 2.19. The summed E-state index contributed by atoms with van der Waals surface area (Å²) in [5.74, 6) is 0. The van der Waals surface area contributed by atoms with Crippen LogP contribution < -0.4 is 5.32 Å². The molecule has 1 aromatic carbocycles. The van der Waals surface area contributed by atoms with Gasteiger partial charge in [-0.15, -0.1) is 0 Å². The van der Waals surface area contributed by atoms with Gasteiger partial charge in [-0.1, -0.05) is 12.1 Å². The Morgan fingerprint density at radius 2 is 2.00 bits per heavy atom. The smallest absolute Gasteiger partial charge is 0.0650 e. The molecule has 3 rings (SSSR count). The summed E-state index contributed by atoms with van der Waals surface area (Å²) in [4.78, 5) is 0. The van der Waals surface area contributed by atoms with Crippen LogP contribution in [0.4, 0.5) is 5.69 Å². The van der Waals surface area contributed by atoms with Crippen LogP contribution in [0.2, 0.25) is 0 Å². The lowest BCUT2D eigenvalue weighted by atomic mass is 10.1. The van der Waals surface area contributed by atoms with Crippen molar-refractivity contribution >= 4 is 5.69 Å². The summed E-state index contributed by atoms with van der Waals surface area (Å²) in [5.41, 5.74) is 4.60. The number of H-pyrrole nitrogens is 1. The normalized spacial score (nSPS) is 10.7. The Kier molecular flexibility index (Phi) is 3.54. The topological polar surface area (TPSA) is 45.6 Å². The first-order chi connectivity index (χ1) is 9.86. The van der Waals surface area contributed by atoms with Crippen LogP contribution in [-0.4, -0.2) is 14.8 Å². The van der Waals surface area contributed by atoms with Gasteiger partial charge in [0, 0.05) is 30.3 Å². The SMILES string of the molecule is CCn1cccc1CNc1ccc(-c2ccn[nH]2)cc1. The summed E-state index contributed by atoms with van der Waals surface area (Å²) >= 11 is 0. The second-order valence-electron chi connectivity index (χ2n) is 4.69. The fourth-order valence-electron chi connectivity index (χ4n) is 2.30. The van der Waals surface area contributed by atoms with Gasteiger partial charge in [-0.2, -0.15) is 5.10 Å². The molecule has 0 unspecified atom stereocenters. The van der Waals surface area contributed by atoms with Crippen molar-refractivity contribution in [3.63, 3.8) is 0 Å². The molecule has 0 bridgehead atoms. The predicted octanol–water partition coefficient (Wildman–Crippen LogP) is 3.51. The van der Waals surface area contributed by atoms with Crippen LogP contribution in [0.3, 0.4) is 0 Å². The van der Waals surface area contributed by atoms with Crippen molar-refractivity contribution in [2.45, 2.75) is 20.0 Å². The Morgan fingerprint density at radius 3 is 2.70 bits per heavy atom. The molecule has 0 aliphatic carbocycles. The highest BCUT2D eigenvalue weighted by atomic mass is 15.1. The second kappa shape index (κ2) is 5.65. The Morgan fingerprint density at radius 1 is 1.15 bits per heavy atom. The van der Waals surface area contributed by atoms with E-state index in [-0.39, 0.29) is 0 Å². The molecule has 3 aromatic rings. The van der Waals surface area contributed by atoms with Gasteiger partial charge < -0.3 is 9.88 Å². The number of aryl methyl sites for hydroxylation is 1. The number of hydrogen-bond acceptors (Lipinski definition) is 2. The van der Waals surface area contributed by atoms with Crippen molar-refractivity contribution in [1.29, 1.82) is 0 Å². The van der Waals surface area contributed by atoms with Crippen LogP contribution >= 0.6 is 0 Å². The van der Waals surface area contributed by atoms with E-state index < -0.39 is 0 Å². The van der Waals surface area contributed by atoms with E-state index >= 15 is 0 Å². The largest absolute Gasteiger partial charge is 0.379 e. The monoisotopic (exact) mass is 266 g/mol. The number of aromatic nitrogens is 3. The maximum Gasteiger partial charge on any atom is 0.0650 e. The van der Waals surface area contributed by atoms with Gasteiger partial charge in [0.25, 0.3) is 0 Å². The standard InChI is InChI=1S/C16H18N4/c1-2-20-11-3-4-15(20)12-17-14-7-5-13(6-8-14)16-9-10-18-19-16/h3-11,17H,2,12H2,1H3,(H,18,19). The first-order valence-corrected chi connectivity index (χ1v) is 6.84. The minimum absolute atomic E-state index is 0.838. The fourth-order valence-corrected chi connectivity index (χ4v) is 2.30. The average molecular weight is 266 g/mol. The molecule has 0 saturated heterocycles. The van der Waals surface area contributed by atoms with Crippen molar-refractivity contribution in [3.8, 4) is 11.3 Å². The summed E-state index contributed by atoms with van der Waals surface area (Å²) in [6, 6.07) is 14.6. The number of benzene rings is 1. The first kappa shape index (κ1) is 12.5. The lowest BCUT2D eigenvalue weighted by Crippen LogP contribution is -2.05. The second-order valence-corrected chi connectivity index (χ2v) is 4.69. The van der Waals surface area contributed by atoms with Crippen LogP contribution in [0.1, 0.15) is 12.6 Å². The van der Waals surface area contributed by atoms with Gasteiger partial charge in [-0.3, -0.25) is 5.10 Å². The van der Waals surface area contributed by atoms with E-state index in [1.54, 1.807) is 6.20 Å². The summed E-state index contributed by atoms with van der Waals surface area (Å²) in [6.45, 7) is 4.00. The summed E-state index contributed by atoms with van der Waals surface area (Å²) in [7, 11) is 0. The molecular formula is C16H18N4. The van der Waals surface area contributed by atoms with Crippen molar-refractivity contribution in [1.82, 2.24) is 14.8 Å². The number of aromatic amines is 1. The summed E-state index contributed by atoms with van der Waals surface area (Å²) < 4.78 is 2.24. The number of nitrogens with one attached hydrogen (secondary N) is 2. The van der Waals surface area contributed by atoms with Crippen LogP contribution in [0.25, 0.3) is 11.3 Å². The van der Waals surface area contributed by atoms with Gasteiger partial charge in [0.1, 0.15) is 0 Å². The quantitative estimate of drug-likeness (QED) is 0.742. The van der Waals surface area contributed by atoms with E-state index in [1.165, 1.54) is 5.69 Å². The van der Waals surface area contributed by atoms with Gasteiger partial charge in [-0.05, 0) is 42.8 Å². The number of anilines is 1. The molecule has 0 atom stereocenters. The molecule has 0 spiro atoms. The molecule has 0 amide bonds. The Hall–Kier alpha value is -2.49. The van der Waals surface area contributed by atoms with Gasteiger partial charge >= 0.3 is 0 Å². The van der Waals surface area contributed by atoms with Crippen LogP contribution in [0, 0.1) is 0 Å². The maximum atomic E-state index is 3.97. The molecule has 0 saturated carbocycles. The average Bonchev–Trinajstić information content (AvgIpc) is 3.16. The van der Waals surface area contributed by atoms with E-state index in [0.717, 1.165) is 30.0 Å². The molecule has 0 aliphatic heterocycles. The minimum Gasteiger partial charge on any atom is -0.379 e. The van der Waals surface area contributed by atoms with Gasteiger partial charge in [0.2, 0.25) is 0 Å². The van der Waals surface area contributed by atoms with E-state index in [1.807, 2.05) is 6.07 Å². The molecule has 2 aromatic heterocycles. The zero-order chi connectivity index (χ0) is 13.8. The molecule has 102 valence electrons. The van der Waals surface area contributed by atoms with E-state index in [0.29, 0.717) is 0 Å².